The van der Waals surface area contributed by atoms with Gasteiger partial charge in [-0.1, -0.05) is 0 Å². The predicted molar refractivity (Wildman–Crippen MR) is 61.4 cm³/mol. The summed E-state index contributed by atoms with van der Waals surface area (Å²) >= 11 is 0. The third-order valence-corrected chi connectivity index (χ3v) is 2.20. The van der Waals surface area contributed by atoms with Crippen LogP contribution in [0.25, 0.3) is 0 Å². The molecular weight excluding hydrogens is 249 g/mol. The molecule has 0 bridgehead atoms. The first-order chi connectivity index (χ1) is 8.33. The zero-order valence-electron chi connectivity index (χ0n) is 9.67. The van der Waals surface area contributed by atoms with Gasteiger partial charge in [0.25, 0.3) is 0 Å². The van der Waals surface area contributed by atoms with Gasteiger partial charge < -0.3 is 15.8 Å². The first kappa shape index (κ1) is 14.1. The Kier molecular flexibility index (Phi) is 4.41. The van der Waals surface area contributed by atoms with Gasteiger partial charge in [-0.3, -0.25) is 0 Å². The van der Waals surface area contributed by atoms with Crippen molar-refractivity contribution < 1.29 is 22.7 Å². The summed E-state index contributed by atoms with van der Waals surface area (Å²) in [6, 6.07) is 4.23. The van der Waals surface area contributed by atoms with E-state index in [1.54, 1.807) is 0 Å². The lowest BCUT2D eigenvalue weighted by Crippen LogP contribution is -2.15. The van der Waals surface area contributed by atoms with Crippen LogP contribution in [0.2, 0.25) is 0 Å². The minimum atomic E-state index is -4.23. The fourth-order valence-electron chi connectivity index (χ4n) is 1.29. The maximum atomic E-state index is 12.0. The monoisotopic (exact) mass is 262 g/mol. The van der Waals surface area contributed by atoms with E-state index in [2.05, 4.69) is 10.1 Å². The molecule has 0 heterocycles. The Labute approximate surface area is 102 Å². The molecule has 0 aliphatic rings. The van der Waals surface area contributed by atoms with E-state index >= 15 is 0 Å². The van der Waals surface area contributed by atoms with E-state index in [9.17, 15) is 18.0 Å². The first-order valence-corrected chi connectivity index (χ1v) is 5.12. The minimum absolute atomic E-state index is 0.223. The lowest BCUT2D eigenvalue weighted by molar-refractivity contribution is -0.131. The molecule has 0 aliphatic carbocycles. The van der Waals surface area contributed by atoms with E-state index in [4.69, 9.17) is 5.73 Å². The van der Waals surface area contributed by atoms with Crippen LogP contribution in [-0.2, 0) is 4.74 Å². The number of benzene rings is 1. The zero-order valence-corrected chi connectivity index (χ0v) is 9.67. The Morgan fingerprint density at radius 2 is 2.11 bits per heavy atom. The second-order valence-electron chi connectivity index (χ2n) is 3.59. The molecule has 1 aromatic carbocycles. The number of halogens is 3. The Balaban J connectivity index is 2.73. The van der Waals surface area contributed by atoms with Crippen molar-refractivity contribution in [3.05, 3.63) is 23.8 Å². The molecule has 0 atom stereocenters. The molecule has 0 radical (unpaired) electrons. The van der Waals surface area contributed by atoms with Crippen LogP contribution in [0, 0.1) is 0 Å². The van der Waals surface area contributed by atoms with Gasteiger partial charge in [0.15, 0.2) is 0 Å². The van der Waals surface area contributed by atoms with Crippen molar-refractivity contribution in [2.24, 2.45) is 0 Å². The minimum Gasteiger partial charge on any atom is -0.465 e. The van der Waals surface area contributed by atoms with Crippen LogP contribution in [0.5, 0.6) is 0 Å². The van der Waals surface area contributed by atoms with Crippen molar-refractivity contribution >= 4 is 17.3 Å². The molecule has 0 fully saturated rings. The number of anilines is 2. The molecular formula is C11H13F3N2O2. The SMILES string of the molecule is COC(=O)c1ccc(N)c(NCCC(F)(F)F)c1. The maximum Gasteiger partial charge on any atom is 0.390 e. The van der Waals surface area contributed by atoms with Crippen LogP contribution in [0.15, 0.2) is 18.2 Å². The van der Waals surface area contributed by atoms with Crippen LogP contribution < -0.4 is 11.1 Å². The number of alkyl halides is 3. The highest BCUT2D eigenvalue weighted by Crippen LogP contribution is 2.23. The highest BCUT2D eigenvalue weighted by atomic mass is 19.4. The van der Waals surface area contributed by atoms with Gasteiger partial charge in [0, 0.05) is 6.54 Å². The Morgan fingerprint density at radius 1 is 1.44 bits per heavy atom. The van der Waals surface area contributed by atoms with Gasteiger partial charge in [-0.2, -0.15) is 13.2 Å². The van der Waals surface area contributed by atoms with Gasteiger partial charge in [-0.05, 0) is 18.2 Å². The molecule has 0 unspecified atom stereocenters. The maximum absolute atomic E-state index is 12.0. The third-order valence-electron chi connectivity index (χ3n) is 2.20. The van der Waals surface area contributed by atoms with E-state index in [1.807, 2.05) is 0 Å². The van der Waals surface area contributed by atoms with Crippen molar-refractivity contribution in [3.8, 4) is 0 Å². The topological polar surface area (TPSA) is 64.3 Å². The van der Waals surface area contributed by atoms with Crippen molar-refractivity contribution in [2.45, 2.75) is 12.6 Å². The number of nitrogens with two attached hydrogens (primary N) is 1. The number of carbonyl (C=O) groups excluding carboxylic acids is 1. The average molecular weight is 262 g/mol. The molecule has 0 saturated carbocycles. The van der Waals surface area contributed by atoms with Gasteiger partial charge in [0.1, 0.15) is 0 Å². The van der Waals surface area contributed by atoms with Gasteiger partial charge in [0.2, 0.25) is 0 Å². The van der Waals surface area contributed by atoms with E-state index in [1.165, 1.54) is 25.3 Å². The summed E-state index contributed by atoms with van der Waals surface area (Å²) in [5, 5.41) is 2.54. The molecule has 1 rings (SSSR count). The number of methoxy groups -OCH3 is 1. The van der Waals surface area contributed by atoms with Crippen LogP contribution in [0.1, 0.15) is 16.8 Å². The van der Waals surface area contributed by atoms with E-state index in [0.717, 1.165) is 0 Å². The molecule has 0 amide bonds. The third kappa shape index (κ3) is 4.15. The van der Waals surface area contributed by atoms with Gasteiger partial charge in [0.05, 0.1) is 30.5 Å². The number of hydrogen-bond acceptors (Lipinski definition) is 4. The molecule has 0 aliphatic heterocycles. The van der Waals surface area contributed by atoms with E-state index in [0.29, 0.717) is 0 Å². The van der Waals surface area contributed by atoms with Gasteiger partial charge >= 0.3 is 12.1 Å². The lowest BCUT2D eigenvalue weighted by Gasteiger charge is -2.12. The molecule has 0 spiro atoms. The average Bonchev–Trinajstić information content (AvgIpc) is 2.29. The second-order valence-corrected chi connectivity index (χ2v) is 3.59. The molecule has 1 aromatic rings. The summed E-state index contributed by atoms with van der Waals surface area (Å²) in [5.41, 5.74) is 6.36. The number of hydrogen-bond donors (Lipinski definition) is 2. The second kappa shape index (κ2) is 5.61. The first-order valence-electron chi connectivity index (χ1n) is 5.12. The molecule has 18 heavy (non-hydrogen) atoms. The summed E-state index contributed by atoms with van der Waals surface area (Å²) in [5.74, 6) is -0.575. The Hall–Kier alpha value is -1.92. The Bertz CT molecular complexity index is 433. The van der Waals surface area contributed by atoms with Crippen molar-refractivity contribution in [3.63, 3.8) is 0 Å². The lowest BCUT2D eigenvalue weighted by atomic mass is 10.1. The van der Waals surface area contributed by atoms with Gasteiger partial charge in [-0.25, -0.2) is 4.79 Å². The summed E-state index contributed by atoms with van der Waals surface area (Å²) in [6.45, 7) is -0.307. The fraction of sp³-hybridized carbons (Fsp3) is 0.364. The standard InChI is InChI=1S/C11H13F3N2O2/c1-18-10(17)7-2-3-8(15)9(6-7)16-5-4-11(12,13)14/h2-3,6,16H,4-5,15H2,1H3. The number of nitrogen functional groups attached to an aromatic ring is 1. The summed E-state index contributed by atoms with van der Waals surface area (Å²) in [6.07, 6.45) is -5.21. The fourth-order valence-corrected chi connectivity index (χ4v) is 1.29. The number of carbonyl (C=O) groups is 1. The van der Waals surface area contributed by atoms with E-state index in [-0.39, 0.29) is 23.5 Å². The summed E-state index contributed by atoms with van der Waals surface area (Å²) in [7, 11) is 1.22. The van der Waals surface area contributed by atoms with Crippen molar-refractivity contribution in [1.82, 2.24) is 0 Å². The molecule has 3 N–H and O–H groups in total. The van der Waals surface area contributed by atoms with Crippen LogP contribution in [0.4, 0.5) is 24.5 Å². The largest absolute Gasteiger partial charge is 0.465 e. The van der Waals surface area contributed by atoms with Crippen LogP contribution in [0.3, 0.4) is 0 Å². The Morgan fingerprint density at radius 3 is 2.67 bits per heavy atom. The molecule has 4 nitrogen and oxygen atoms in total. The number of ether oxygens (including phenoxy) is 1. The molecule has 7 heteroatoms. The summed E-state index contributed by atoms with van der Waals surface area (Å²) in [4.78, 5) is 11.2. The van der Waals surface area contributed by atoms with E-state index < -0.39 is 18.6 Å². The molecule has 0 aromatic heterocycles. The molecule has 100 valence electrons. The number of esters is 1. The quantitative estimate of drug-likeness (QED) is 0.646. The zero-order chi connectivity index (χ0) is 13.8. The smallest absolute Gasteiger partial charge is 0.390 e. The highest BCUT2D eigenvalue weighted by molar-refractivity contribution is 5.91. The van der Waals surface area contributed by atoms with Crippen LogP contribution >= 0.6 is 0 Å². The molecule has 0 saturated heterocycles. The normalized spacial score (nSPS) is 11.1. The highest BCUT2D eigenvalue weighted by Gasteiger charge is 2.26. The van der Waals surface area contributed by atoms with Crippen molar-refractivity contribution in [1.29, 1.82) is 0 Å². The van der Waals surface area contributed by atoms with Crippen molar-refractivity contribution in [2.75, 3.05) is 24.7 Å². The van der Waals surface area contributed by atoms with Crippen LogP contribution in [-0.4, -0.2) is 25.8 Å². The number of nitrogens with one attached hydrogen (secondary N) is 1. The summed E-state index contributed by atoms with van der Waals surface area (Å²) < 4.78 is 40.4. The van der Waals surface area contributed by atoms with Gasteiger partial charge in [-0.15, -0.1) is 0 Å². The predicted octanol–water partition coefficient (Wildman–Crippen LogP) is 2.42. The number of rotatable bonds is 4.